The lowest BCUT2D eigenvalue weighted by Gasteiger charge is -2.01. The molecule has 4 nitrogen and oxygen atoms in total. The highest BCUT2D eigenvalue weighted by Gasteiger charge is 2.16. The van der Waals surface area contributed by atoms with Gasteiger partial charge in [0.15, 0.2) is 0 Å². The molecule has 0 unspecified atom stereocenters. The summed E-state index contributed by atoms with van der Waals surface area (Å²) in [6, 6.07) is 10.2. The van der Waals surface area contributed by atoms with Crippen LogP contribution in [0.15, 0.2) is 51.8 Å². The summed E-state index contributed by atoms with van der Waals surface area (Å²) in [5, 5.41) is 0.417. The number of nitrogens with zero attached hydrogens (tertiary/aromatic N) is 2. The molecule has 0 N–H and O–H groups in total. The van der Waals surface area contributed by atoms with Crippen molar-refractivity contribution in [2.24, 2.45) is 4.40 Å². The lowest BCUT2D eigenvalue weighted by molar-refractivity contribution is 0.595. The molecule has 0 aliphatic carbocycles. The van der Waals surface area contributed by atoms with E-state index in [0.717, 1.165) is 11.3 Å². The van der Waals surface area contributed by atoms with Crippen LogP contribution in [-0.4, -0.2) is 13.0 Å². The molecule has 0 amide bonds. The summed E-state index contributed by atoms with van der Waals surface area (Å²) in [6.45, 7) is 0.00983. The number of halogens is 2. The molecule has 0 saturated heterocycles. The molecule has 1 aromatic heterocycles. The van der Waals surface area contributed by atoms with E-state index >= 15 is 0 Å². The van der Waals surface area contributed by atoms with E-state index < -0.39 is 15.8 Å². The van der Waals surface area contributed by atoms with E-state index in [0.29, 0.717) is 9.72 Å². The van der Waals surface area contributed by atoms with E-state index in [9.17, 15) is 12.8 Å². The molecule has 1 heterocycles. The van der Waals surface area contributed by atoms with Crippen LogP contribution in [0.3, 0.4) is 0 Å². The van der Waals surface area contributed by atoms with Crippen LogP contribution in [0, 0.1) is 18.2 Å². The average molecular weight is 381 g/mol. The zero-order chi connectivity index (χ0) is 17.3. The Hall–Kier alpha value is -2.14. The van der Waals surface area contributed by atoms with Crippen molar-refractivity contribution in [1.29, 1.82) is 0 Å². The van der Waals surface area contributed by atoms with Crippen LogP contribution >= 0.6 is 22.9 Å². The zero-order valence-corrected chi connectivity index (χ0v) is 14.5. The second-order valence-electron chi connectivity index (χ2n) is 4.78. The number of terminal acetylenes is 1. The predicted octanol–water partition coefficient (Wildman–Crippen LogP) is 3.42. The molecule has 8 heteroatoms. The fourth-order valence-corrected chi connectivity index (χ4v) is 4.53. The third-order valence-electron chi connectivity index (χ3n) is 3.21. The summed E-state index contributed by atoms with van der Waals surface area (Å²) >= 11 is 6.83. The minimum Gasteiger partial charge on any atom is -0.302 e. The van der Waals surface area contributed by atoms with Crippen molar-refractivity contribution in [3.05, 3.63) is 58.1 Å². The lowest BCUT2D eigenvalue weighted by Crippen LogP contribution is -2.17. The molecule has 0 radical (unpaired) electrons. The van der Waals surface area contributed by atoms with Gasteiger partial charge in [-0.15, -0.1) is 10.8 Å². The van der Waals surface area contributed by atoms with Crippen LogP contribution in [0.5, 0.6) is 0 Å². The SMILES string of the molecule is C#CCn1c(=NS(=O)(=O)c2ccc(Cl)cc2)sc2cccc(F)c21. The molecule has 0 fully saturated rings. The van der Waals surface area contributed by atoms with E-state index in [1.54, 1.807) is 12.1 Å². The summed E-state index contributed by atoms with van der Waals surface area (Å²) in [6.07, 6.45) is 5.33. The third kappa shape index (κ3) is 3.08. The van der Waals surface area contributed by atoms with Gasteiger partial charge in [-0.3, -0.25) is 0 Å². The normalized spacial score (nSPS) is 12.5. The van der Waals surface area contributed by atoms with E-state index in [1.165, 1.54) is 34.9 Å². The van der Waals surface area contributed by atoms with E-state index in [4.69, 9.17) is 18.0 Å². The van der Waals surface area contributed by atoms with Gasteiger partial charge >= 0.3 is 0 Å². The number of aromatic nitrogens is 1. The van der Waals surface area contributed by atoms with Gasteiger partial charge in [0, 0.05) is 5.02 Å². The van der Waals surface area contributed by atoms with Crippen molar-refractivity contribution in [2.75, 3.05) is 0 Å². The monoisotopic (exact) mass is 380 g/mol. The smallest absolute Gasteiger partial charge is 0.285 e. The van der Waals surface area contributed by atoms with Crippen LogP contribution in [0.25, 0.3) is 10.2 Å². The summed E-state index contributed by atoms with van der Waals surface area (Å²) in [7, 11) is -3.97. The van der Waals surface area contributed by atoms with Crippen LogP contribution in [-0.2, 0) is 16.6 Å². The first kappa shape index (κ1) is 16.7. The molecule has 0 aliphatic heterocycles. The number of rotatable bonds is 3. The Morgan fingerprint density at radius 2 is 1.96 bits per heavy atom. The largest absolute Gasteiger partial charge is 0.302 e. The highest BCUT2D eigenvalue weighted by Crippen LogP contribution is 2.21. The average Bonchev–Trinajstić information content (AvgIpc) is 2.86. The minimum atomic E-state index is -3.97. The molecule has 0 aliphatic rings. The van der Waals surface area contributed by atoms with E-state index in [2.05, 4.69) is 10.3 Å². The summed E-state index contributed by atoms with van der Waals surface area (Å²) in [5.74, 6) is 1.91. The molecule has 0 bridgehead atoms. The highest BCUT2D eigenvalue weighted by atomic mass is 35.5. The van der Waals surface area contributed by atoms with Crippen molar-refractivity contribution in [3.8, 4) is 12.3 Å². The standard InChI is InChI=1S/C16H10ClFN2O2S2/c1-2-10-20-15-13(18)4-3-5-14(15)23-16(20)19-24(21,22)12-8-6-11(17)7-9-12/h1,3-9H,10H2. The fraction of sp³-hybridized carbons (Fsp3) is 0.0625. The Morgan fingerprint density at radius 1 is 1.25 bits per heavy atom. The Morgan fingerprint density at radius 3 is 2.62 bits per heavy atom. The summed E-state index contributed by atoms with van der Waals surface area (Å²) < 4.78 is 44.8. The van der Waals surface area contributed by atoms with Gasteiger partial charge in [0.1, 0.15) is 5.82 Å². The topological polar surface area (TPSA) is 51.4 Å². The Kier molecular flexibility index (Phi) is 4.45. The quantitative estimate of drug-likeness (QED) is 0.654. The first-order chi connectivity index (χ1) is 11.4. The Bertz CT molecular complexity index is 1120. The summed E-state index contributed by atoms with van der Waals surface area (Å²) in [5.41, 5.74) is 0.241. The zero-order valence-electron chi connectivity index (χ0n) is 12.1. The highest BCUT2D eigenvalue weighted by molar-refractivity contribution is 7.90. The number of hydrogen-bond donors (Lipinski definition) is 0. The van der Waals surface area contributed by atoms with Crippen molar-refractivity contribution < 1.29 is 12.8 Å². The number of thiazole rings is 1. The van der Waals surface area contributed by atoms with Gasteiger partial charge in [-0.2, -0.15) is 8.42 Å². The third-order valence-corrected chi connectivity index (χ3v) is 5.90. The van der Waals surface area contributed by atoms with Gasteiger partial charge in [-0.1, -0.05) is 34.9 Å². The predicted molar refractivity (Wildman–Crippen MR) is 92.8 cm³/mol. The molecule has 24 heavy (non-hydrogen) atoms. The second-order valence-corrected chi connectivity index (χ2v) is 7.83. The van der Waals surface area contributed by atoms with Gasteiger partial charge in [0.05, 0.1) is 21.7 Å². The van der Waals surface area contributed by atoms with Crippen molar-refractivity contribution in [2.45, 2.75) is 11.4 Å². The number of sulfonamides is 1. The van der Waals surface area contributed by atoms with Gasteiger partial charge in [0.2, 0.25) is 4.80 Å². The van der Waals surface area contributed by atoms with Crippen LogP contribution in [0.1, 0.15) is 0 Å². The van der Waals surface area contributed by atoms with Crippen molar-refractivity contribution >= 4 is 43.2 Å². The lowest BCUT2D eigenvalue weighted by atomic mass is 10.3. The molecule has 0 atom stereocenters. The maximum absolute atomic E-state index is 14.1. The first-order valence-electron chi connectivity index (χ1n) is 6.70. The molecule has 2 aromatic carbocycles. The van der Waals surface area contributed by atoms with Crippen molar-refractivity contribution in [3.63, 3.8) is 0 Å². The van der Waals surface area contributed by atoms with Crippen molar-refractivity contribution in [1.82, 2.24) is 4.57 Å². The molecular formula is C16H10ClFN2O2S2. The van der Waals surface area contributed by atoms with E-state index in [-0.39, 0.29) is 21.8 Å². The fourth-order valence-electron chi connectivity index (χ4n) is 2.16. The van der Waals surface area contributed by atoms with Gasteiger partial charge in [0.25, 0.3) is 10.0 Å². The second kappa shape index (κ2) is 6.40. The molecule has 3 rings (SSSR count). The number of hydrogen-bond acceptors (Lipinski definition) is 3. The molecule has 0 spiro atoms. The maximum atomic E-state index is 14.1. The molecule has 3 aromatic rings. The maximum Gasteiger partial charge on any atom is 0.285 e. The number of fused-ring (bicyclic) bond motifs is 1. The number of para-hydroxylation sites is 1. The van der Waals surface area contributed by atoms with Gasteiger partial charge in [-0.25, -0.2) is 4.39 Å². The summed E-state index contributed by atoms with van der Waals surface area (Å²) in [4.78, 5) is 0.111. The first-order valence-corrected chi connectivity index (χ1v) is 9.34. The van der Waals surface area contributed by atoms with Crippen LogP contribution < -0.4 is 4.80 Å². The minimum absolute atomic E-state index is 0.00270. The Balaban J connectivity index is 2.27. The molecule has 122 valence electrons. The van der Waals surface area contributed by atoms with Gasteiger partial charge < -0.3 is 4.57 Å². The van der Waals surface area contributed by atoms with Crippen LogP contribution in [0.2, 0.25) is 5.02 Å². The van der Waals surface area contributed by atoms with Gasteiger partial charge in [-0.05, 0) is 36.4 Å². The Labute approximate surface area is 146 Å². The van der Waals surface area contributed by atoms with Crippen LogP contribution in [0.4, 0.5) is 4.39 Å². The van der Waals surface area contributed by atoms with E-state index in [1.807, 2.05) is 0 Å². The number of benzene rings is 2. The molecule has 0 saturated carbocycles. The molecular weight excluding hydrogens is 371 g/mol.